The molecule has 1 unspecified atom stereocenters. The van der Waals surface area contributed by atoms with Gasteiger partial charge in [0, 0.05) is 31.3 Å². The number of likely N-dealkylation sites (tertiary alicyclic amines) is 1. The van der Waals surface area contributed by atoms with Gasteiger partial charge in [0.25, 0.3) is 5.91 Å². The predicted octanol–water partition coefficient (Wildman–Crippen LogP) is 1.67. The van der Waals surface area contributed by atoms with Gasteiger partial charge in [-0.1, -0.05) is 0 Å². The first-order valence-electron chi connectivity index (χ1n) is 7.92. The number of carboxylic acid groups (broad SMARTS) is 1. The molecule has 2 aliphatic heterocycles. The van der Waals surface area contributed by atoms with E-state index in [0.717, 1.165) is 24.1 Å². The number of nitrogens with zero attached hydrogens (tertiary/aromatic N) is 2. The van der Waals surface area contributed by atoms with E-state index in [1.54, 1.807) is 30.1 Å². The topological polar surface area (TPSA) is 77.9 Å². The number of carboxylic acids is 1. The van der Waals surface area contributed by atoms with Crippen molar-refractivity contribution in [2.24, 2.45) is 0 Å². The molecule has 0 aromatic heterocycles. The Balaban J connectivity index is 1.88. The van der Waals surface area contributed by atoms with Crippen molar-refractivity contribution in [3.63, 3.8) is 0 Å². The number of benzene rings is 1. The maximum Gasteiger partial charge on any atom is 0.326 e. The normalized spacial score (nSPS) is 21.1. The van der Waals surface area contributed by atoms with Crippen LogP contribution in [-0.2, 0) is 16.0 Å². The highest BCUT2D eigenvalue weighted by Crippen LogP contribution is 2.29. The summed E-state index contributed by atoms with van der Waals surface area (Å²) in [4.78, 5) is 38.9. The molecule has 0 saturated carbocycles. The smallest absolute Gasteiger partial charge is 0.326 e. The molecule has 1 saturated heterocycles. The lowest BCUT2D eigenvalue weighted by Gasteiger charge is -2.33. The molecule has 6 nitrogen and oxygen atoms in total. The Hall–Kier alpha value is -2.37. The van der Waals surface area contributed by atoms with Gasteiger partial charge in [0.05, 0.1) is 0 Å². The van der Waals surface area contributed by atoms with Gasteiger partial charge in [-0.25, -0.2) is 4.79 Å². The molecule has 6 heteroatoms. The molecule has 0 spiro atoms. The van der Waals surface area contributed by atoms with Crippen LogP contribution in [0.3, 0.4) is 0 Å². The lowest BCUT2D eigenvalue weighted by atomic mass is 9.97. The fourth-order valence-corrected chi connectivity index (χ4v) is 3.39. The van der Waals surface area contributed by atoms with Crippen LogP contribution in [0.4, 0.5) is 5.69 Å². The molecule has 1 fully saturated rings. The Kier molecular flexibility index (Phi) is 4.07. The first-order valence-corrected chi connectivity index (χ1v) is 7.92. The molecule has 3 rings (SSSR count). The highest BCUT2D eigenvalue weighted by molar-refractivity contribution is 6.00. The fourth-order valence-electron chi connectivity index (χ4n) is 3.39. The van der Waals surface area contributed by atoms with Crippen LogP contribution in [0.1, 0.15) is 41.6 Å². The minimum absolute atomic E-state index is 0.0681. The summed E-state index contributed by atoms with van der Waals surface area (Å²) in [5, 5.41) is 9.32. The number of piperidine rings is 1. The number of amides is 2. The molecule has 2 heterocycles. The van der Waals surface area contributed by atoms with Crippen molar-refractivity contribution in [1.82, 2.24) is 4.90 Å². The summed E-state index contributed by atoms with van der Waals surface area (Å²) in [6.07, 6.45) is 3.21. The van der Waals surface area contributed by atoms with Crippen LogP contribution in [-0.4, -0.2) is 47.4 Å². The molecule has 2 aliphatic rings. The van der Waals surface area contributed by atoms with E-state index in [4.69, 9.17) is 0 Å². The number of hydrogen-bond acceptors (Lipinski definition) is 3. The standard InChI is InChI=1S/C17H20N2O4/c1-18-13-7-5-12(10-11(13)6-8-15(18)20)16(21)19-9-3-2-4-14(19)17(22)23/h5,7,10,14H,2-4,6,8-9H2,1H3,(H,22,23). The van der Waals surface area contributed by atoms with Crippen LogP contribution in [0, 0.1) is 0 Å². The number of aliphatic carboxylic acids is 1. The van der Waals surface area contributed by atoms with E-state index < -0.39 is 12.0 Å². The van der Waals surface area contributed by atoms with Crippen molar-refractivity contribution >= 4 is 23.5 Å². The Morgan fingerprint density at radius 2 is 2.00 bits per heavy atom. The van der Waals surface area contributed by atoms with Gasteiger partial charge in [-0.3, -0.25) is 9.59 Å². The summed E-state index contributed by atoms with van der Waals surface area (Å²) < 4.78 is 0. The lowest BCUT2D eigenvalue weighted by Crippen LogP contribution is -2.48. The van der Waals surface area contributed by atoms with Gasteiger partial charge in [0.15, 0.2) is 0 Å². The van der Waals surface area contributed by atoms with Gasteiger partial charge < -0.3 is 14.9 Å². The maximum atomic E-state index is 12.7. The average molecular weight is 316 g/mol. The van der Waals surface area contributed by atoms with E-state index >= 15 is 0 Å². The molecule has 1 aromatic rings. The van der Waals surface area contributed by atoms with E-state index in [9.17, 15) is 19.5 Å². The number of carbonyl (C=O) groups excluding carboxylic acids is 2. The first kappa shape index (κ1) is 15.5. The average Bonchev–Trinajstić information content (AvgIpc) is 2.57. The zero-order chi connectivity index (χ0) is 16.6. The number of rotatable bonds is 2. The van der Waals surface area contributed by atoms with Crippen molar-refractivity contribution in [2.45, 2.75) is 38.1 Å². The van der Waals surface area contributed by atoms with E-state index in [1.165, 1.54) is 4.90 Å². The number of aryl methyl sites for hydroxylation is 1. The quantitative estimate of drug-likeness (QED) is 0.900. The number of fused-ring (bicyclic) bond motifs is 1. The maximum absolute atomic E-state index is 12.7. The van der Waals surface area contributed by atoms with Gasteiger partial charge in [-0.05, 0) is 49.4 Å². The molecule has 0 radical (unpaired) electrons. The lowest BCUT2D eigenvalue weighted by molar-refractivity contribution is -0.143. The summed E-state index contributed by atoms with van der Waals surface area (Å²) in [7, 11) is 1.73. The minimum Gasteiger partial charge on any atom is -0.480 e. The number of hydrogen-bond donors (Lipinski definition) is 1. The van der Waals surface area contributed by atoms with Gasteiger partial charge in [0.2, 0.25) is 5.91 Å². The zero-order valence-electron chi connectivity index (χ0n) is 13.1. The fraction of sp³-hybridized carbons (Fsp3) is 0.471. The van der Waals surface area contributed by atoms with Crippen LogP contribution in [0.5, 0.6) is 0 Å². The van der Waals surface area contributed by atoms with E-state index in [2.05, 4.69) is 0 Å². The van der Waals surface area contributed by atoms with Crippen LogP contribution in [0.2, 0.25) is 0 Å². The van der Waals surface area contributed by atoms with Crippen molar-refractivity contribution in [2.75, 3.05) is 18.5 Å². The molecule has 0 bridgehead atoms. The van der Waals surface area contributed by atoms with Crippen molar-refractivity contribution in [1.29, 1.82) is 0 Å². The largest absolute Gasteiger partial charge is 0.480 e. The van der Waals surface area contributed by atoms with Crippen LogP contribution in [0.25, 0.3) is 0 Å². The summed E-state index contributed by atoms with van der Waals surface area (Å²) in [5.74, 6) is -1.11. The second-order valence-electron chi connectivity index (χ2n) is 6.14. The van der Waals surface area contributed by atoms with E-state index in [0.29, 0.717) is 31.4 Å². The summed E-state index contributed by atoms with van der Waals surface area (Å²) in [6.45, 7) is 0.477. The molecule has 122 valence electrons. The Morgan fingerprint density at radius 3 is 2.74 bits per heavy atom. The highest BCUT2D eigenvalue weighted by atomic mass is 16.4. The van der Waals surface area contributed by atoms with Crippen LogP contribution < -0.4 is 4.90 Å². The number of anilines is 1. The number of carbonyl (C=O) groups is 3. The molecule has 1 N–H and O–H groups in total. The summed E-state index contributed by atoms with van der Waals surface area (Å²) in [6, 6.07) is 4.52. The second-order valence-corrected chi connectivity index (χ2v) is 6.14. The molecule has 0 aliphatic carbocycles. The molecular weight excluding hydrogens is 296 g/mol. The molecule has 2 amide bonds. The Labute approximate surface area is 134 Å². The molecular formula is C17H20N2O4. The third kappa shape index (κ3) is 2.81. The zero-order valence-corrected chi connectivity index (χ0v) is 13.1. The van der Waals surface area contributed by atoms with E-state index in [1.807, 2.05) is 0 Å². The minimum atomic E-state index is -0.943. The van der Waals surface area contributed by atoms with Crippen molar-refractivity contribution in [3.05, 3.63) is 29.3 Å². The van der Waals surface area contributed by atoms with Crippen LogP contribution in [0.15, 0.2) is 18.2 Å². The predicted molar refractivity (Wildman–Crippen MR) is 84.5 cm³/mol. The van der Waals surface area contributed by atoms with Gasteiger partial charge >= 0.3 is 5.97 Å². The third-order valence-electron chi connectivity index (χ3n) is 4.72. The molecule has 23 heavy (non-hydrogen) atoms. The second kappa shape index (κ2) is 6.02. The monoisotopic (exact) mass is 316 g/mol. The third-order valence-corrected chi connectivity index (χ3v) is 4.72. The van der Waals surface area contributed by atoms with Gasteiger partial charge in [0.1, 0.15) is 6.04 Å². The Bertz CT molecular complexity index is 671. The summed E-state index contributed by atoms with van der Waals surface area (Å²) in [5.41, 5.74) is 2.28. The molecule has 1 atom stereocenters. The Morgan fingerprint density at radius 1 is 1.22 bits per heavy atom. The van der Waals surface area contributed by atoms with E-state index in [-0.39, 0.29) is 11.8 Å². The highest BCUT2D eigenvalue weighted by Gasteiger charge is 2.33. The van der Waals surface area contributed by atoms with Gasteiger partial charge in [-0.2, -0.15) is 0 Å². The SMILES string of the molecule is CN1C(=O)CCc2cc(C(=O)N3CCCCC3C(=O)O)ccc21. The van der Waals surface area contributed by atoms with Crippen molar-refractivity contribution < 1.29 is 19.5 Å². The van der Waals surface area contributed by atoms with Crippen LogP contribution >= 0.6 is 0 Å². The first-order chi connectivity index (χ1) is 11.0. The molecule has 1 aromatic carbocycles. The van der Waals surface area contributed by atoms with Crippen molar-refractivity contribution in [3.8, 4) is 0 Å². The van der Waals surface area contributed by atoms with Gasteiger partial charge in [-0.15, -0.1) is 0 Å². The summed E-state index contributed by atoms with van der Waals surface area (Å²) >= 11 is 0.